The summed E-state index contributed by atoms with van der Waals surface area (Å²) >= 11 is 0. The highest BCUT2D eigenvalue weighted by atomic mass is 127. The number of aliphatic imine (C=N–C) groups is 1. The van der Waals surface area contributed by atoms with E-state index in [0.29, 0.717) is 12.3 Å². The number of aryl methyl sites for hydroxylation is 1. The quantitative estimate of drug-likeness (QED) is 0.201. The maximum Gasteiger partial charge on any atom is 0.287 e. The van der Waals surface area contributed by atoms with Crippen LogP contribution >= 0.6 is 24.0 Å². The van der Waals surface area contributed by atoms with Crippen LogP contribution in [0.5, 0.6) is 0 Å². The van der Waals surface area contributed by atoms with Crippen molar-refractivity contribution in [3.8, 4) is 0 Å². The van der Waals surface area contributed by atoms with E-state index in [1.165, 1.54) is 31.1 Å². The smallest absolute Gasteiger partial charge is 0.287 e. The second-order valence-corrected chi connectivity index (χ2v) is 7.66. The number of nitrogens with one attached hydrogen (secondary N) is 3. The Morgan fingerprint density at radius 3 is 2.43 bits per heavy atom. The second kappa shape index (κ2) is 12.0. The Hall–Kier alpha value is -2.03. The van der Waals surface area contributed by atoms with Gasteiger partial charge in [-0.2, -0.15) is 0 Å². The minimum absolute atomic E-state index is 0. The van der Waals surface area contributed by atoms with Crippen molar-refractivity contribution in [2.24, 2.45) is 4.99 Å². The summed E-state index contributed by atoms with van der Waals surface area (Å²) in [5, 5.41) is 9.59. The number of rotatable bonds is 9. The highest BCUT2D eigenvalue weighted by Gasteiger charge is 2.38. The summed E-state index contributed by atoms with van der Waals surface area (Å²) in [5.41, 5.74) is 2.42. The van der Waals surface area contributed by atoms with Gasteiger partial charge in [-0.15, -0.1) is 24.0 Å². The lowest BCUT2D eigenvalue weighted by Crippen LogP contribution is -2.42. The zero-order chi connectivity index (χ0) is 20.5. The fourth-order valence-electron chi connectivity index (χ4n) is 3.69. The molecule has 3 N–H and O–H groups in total. The van der Waals surface area contributed by atoms with Gasteiger partial charge in [-0.1, -0.05) is 36.8 Å². The van der Waals surface area contributed by atoms with Crippen molar-refractivity contribution in [2.75, 3.05) is 26.2 Å². The first-order valence-corrected chi connectivity index (χ1v) is 10.5. The number of carbonyl (C=O) groups is 1. The number of hydrogen-bond acceptors (Lipinski definition) is 3. The summed E-state index contributed by atoms with van der Waals surface area (Å²) in [6.07, 6.45) is 5.99. The molecule has 1 aliphatic carbocycles. The van der Waals surface area contributed by atoms with Gasteiger partial charge < -0.3 is 20.4 Å². The Morgan fingerprint density at radius 2 is 1.83 bits per heavy atom. The number of benzene rings is 1. The molecule has 6 nitrogen and oxygen atoms in total. The van der Waals surface area contributed by atoms with E-state index in [4.69, 9.17) is 9.41 Å². The predicted molar refractivity (Wildman–Crippen MR) is 132 cm³/mol. The number of halogens is 1. The molecule has 0 saturated heterocycles. The monoisotopic (exact) mass is 524 g/mol. The largest absolute Gasteiger partial charge is 0.459 e. The molecule has 30 heavy (non-hydrogen) atoms. The van der Waals surface area contributed by atoms with Gasteiger partial charge in [0.25, 0.3) is 5.91 Å². The van der Waals surface area contributed by atoms with Crippen molar-refractivity contribution >= 4 is 35.8 Å². The van der Waals surface area contributed by atoms with Crippen LogP contribution in [0.2, 0.25) is 0 Å². The Bertz CT molecular complexity index is 816. The van der Waals surface area contributed by atoms with E-state index in [-0.39, 0.29) is 35.3 Å². The maximum absolute atomic E-state index is 12.1. The minimum atomic E-state index is -0.164. The third-order valence-electron chi connectivity index (χ3n) is 5.58. The van der Waals surface area contributed by atoms with Crippen LogP contribution in [0.4, 0.5) is 0 Å². The summed E-state index contributed by atoms with van der Waals surface area (Å²) < 4.78 is 5.21. The highest BCUT2D eigenvalue weighted by Crippen LogP contribution is 2.43. The fraction of sp³-hybridized carbons (Fsp3) is 0.478. The molecule has 0 spiro atoms. The molecule has 0 bridgehead atoms. The van der Waals surface area contributed by atoms with Crippen LogP contribution in [-0.2, 0) is 5.41 Å². The van der Waals surface area contributed by atoms with Gasteiger partial charge in [-0.25, -0.2) is 0 Å². The summed E-state index contributed by atoms with van der Waals surface area (Å²) in [4.78, 5) is 16.9. The number of nitrogens with zero attached hydrogens (tertiary/aromatic N) is 1. The van der Waals surface area contributed by atoms with Crippen molar-refractivity contribution in [3.05, 3.63) is 59.5 Å². The average Bonchev–Trinajstić information content (AvgIpc) is 3.13. The van der Waals surface area contributed by atoms with Gasteiger partial charge in [-0.3, -0.25) is 9.79 Å². The number of hydrogen-bond donors (Lipinski definition) is 3. The third-order valence-corrected chi connectivity index (χ3v) is 5.58. The lowest BCUT2D eigenvalue weighted by molar-refractivity contribution is 0.0925. The van der Waals surface area contributed by atoms with E-state index in [0.717, 1.165) is 37.6 Å². The number of guanidine groups is 1. The molecule has 2 aromatic rings. The first-order chi connectivity index (χ1) is 14.1. The van der Waals surface area contributed by atoms with Gasteiger partial charge in [0.1, 0.15) is 0 Å². The van der Waals surface area contributed by atoms with Crippen molar-refractivity contribution < 1.29 is 9.21 Å². The molecule has 0 aliphatic heterocycles. The predicted octanol–water partition coefficient (Wildman–Crippen LogP) is 4.00. The molecular weight excluding hydrogens is 491 g/mol. The summed E-state index contributed by atoms with van der Waals surface area (Å²) in [6, 6.07) is 12.5. The normalized spacial score (nSPS) is 14.9. The zero-order valence-corrected chi connectivity index (χ0v) is 20.2. The van der Waals surface area contributed by atoms with Gasteiger partial charge >= 0.3 is 0 Å². The zero-order valence-electron chi connectivity index (χ0n) is 17.9. The van der Waals surface area contributed by atoms with Crippen molar-refractivity contribution in [3.63, 3.8) is 0 Å². The Morgan fingerprint density at radius 1 is 1.10 bits per heavy atom. The Labute approximate surface area is 196 Å². The first kappa shape index (κ1) is 24.2. The van der Waals surface area contributed by atoms with Gasteiger partial charge in [-0.05, 0) is 44.7 Å². The number of carbonyl (C=O) groups excluding carboxylic acids is 1. The standard InChI is InChI=1S/C23H32N4O2.HI/c1-3-24-22(26-15-8-14-25-21(28)20-18(2)11-16-29-20)27-17-23(12-7-13-23)19-9-5-4-6-10-19;/h4-6,9-11,16H,3,7-8,12-15,17H2,1-2H3,(H,25,28)(H2,24,26,27);1H. The summed E-state index contributed by atoms with van der Waals surface area (Å²) in [5.74, 6) is 1.06. The molecule has 0 unspecified atom stereocenters. The lowest BCUT2D eigenvalue weighted by atomic mass is 9.64. The third kappa shape index (κ3) is 6.23. The van der Waals surface area contributed by atoms with Gasteiger partial charge in [0, 0.05) is 30.6 Å². The van der Waals surface area contributed by atoms with Crippen molar-refractivity contribution in [2.45, 2.75) is 44.9 Å². The Balaban J connectivity index is 0.00000320. The van der Waals surface area contributed by atoms with E-state index in [1.54, 1.807) is 6.07 Å². The van der Waals surface area contributed by atoms with Crippen LogP contribution in [0.3, 0.4) is 0 Å². The minimum Gasteiger partial charge on any atom is -0.459 e. The molecule has 164 valence electrons. The maximum atomic E-state index is 12.1. The van der Waals surface area contributed by atoms with Crippen LogP contribution in [0.15, 0.2) is 52.1 Å². The molecule has 0 radical (unpaired) electrons. The molecule has 3 rings (SSSR count). The number of amides is 1. The molecule has 1 aromatic carbocycles. The van der Waals surface area contributed by atoms with E-state index in [9.17, 15) is 4.79 Å². The van der Waals surface area contributed by atoms with E-state index < -0.39 is 0 Å². The van der Waals surface area contributed by atoms with Crippen molar-refractivity contribution in [1.82, 2.24) is 16.0 Å². The molecule has 1 amide bonds. The SMILES string of the molecule is CCNC(=NCC1(c2ccccc2)CCC1)NCCCNC(=O)c1occc1C.I. The highest BCUT2D eigenvalue weighted by molar-refractivity contribution is 14.0. The topological polar surface area (TPSA) is 78.7 Å². The van der Waals surface area contributed by atoms with Crippen LogP contribution in [0.25, 0.3) is 0 Å². The fourth-order valence-corrected chi connectivity index (χ4v) is 3.69. The molecule has 1 fully saturated rings. The van der Waals surface area contributed by atoms with Crippen LogP contribution in [0, 0.1) is 6.92 Å². The van der Waals surface area contributed by atoms with Crippen LogP contribution in [-0.4, -0.2) is 38.0 Å². The molecule has 1 aromatic heterocycles. The molecular formula is C23H33IN4O2. The van der Waals surface area contributed by atoms with Crippen molar-refractivity contribution in [1.29, 1.82) is 0 Å². The van der Waals surface area contributed by atoms with Gasteiger partial charge in [0.05, 0.1) is 12.8 Å². The van der Waals surface area contributed by atoms with E-state index >= 15 is 0 Å². The lowest BCUT2D eigenvalue weighted by Gasteiger charge is -2.41. The molecule has 1 saturated carbocycles. The van der Waals surface area contributed by atoms with E-state index in [2.05, 4.69) is 53.2 Å². The van der Waals surface area contributed by atoms with Crippen LogP contribution in [0.1, 0.15) is 54.3 Å². The summed E-state index contributed by atoms with van der Waals surface area (Å²) in [6.45, 7) is 6.86. The van der Waals surface area contributed by atoms with Crippen LogP contribution < -0.4 is 16.0 Å². The molecule has 7 heteroatoms. The number of furan rings is 1. The van der Waals surface area contributed by atoms with E-state index in [1.807, 2.05) is 6.92 Å². The molecule has 1 heterocycles. The Kier molecular flexibility index (Phi) is 9.68. The average molecular weight is 524 g/mol. The van der Waals surface area contributed by atoms with Gasteiger partial charge in [0.15, 0.2) is 11.7 Å². The molecule has 1 aliphatic rings. The summed E-state index contributed by atoms with van der Waals surface area (Å²) in [7, 11) is 0. The second-order valence-electron chi connectivity index (χ2n) is 7.66. The molecule has 0 atom stereocenters. The van der Waals surface area contributed by atoms with Gasteiger partial charge in [0.2, 0.25) is 0 Å². The first-order valence-electron chi connectivity index (χ1n) is 10.5.